The number of benzene rings is 1. The van der Waals surface area contributed by atoms with Gasteiger partial charge in [0.2, 0.25) is 0 Å². The summed E-state index contributed by atoms with van der Waals surface area (Å²) in [4.78, 5) is 4.21. The number of rotatable bonds is 1. The van der Waals surface area contributed by atoms with Crippen LogP contribution < -0.4 is 0 Å². The topological polar surface area (TPSA) is 12.9 Å². The van der Waals surface area contributed by atoms with Gasteiger partial charge in [-0.3, -0.25) is 11.3 Å². The van der Waals surface area contributed by atoms with Crippen LogP contribution in [0, 0.1) is 12.4 Å². The van der Waals surface area contributed by atoms with E-state index in [0.29, 0.717) is 5.92 Å². The van der Waals surface area contributed by atoms with E-state index in [1.54, 1.807) is 11.3 Å². The molecule has 1 aromatic carbocycles. The molecule has 0 saturated heterocycles. The summed E-state index contributed by atoms with van der Waals surface area (Å²) in [6.45, 7) is 6.54. The summed E-state index contributed by atoms with van der Waals surface area (Å²) in [5.41, 5.74) is 6.70. The van der Waals surface area contributed by atoms with E-state index in [4.69, 9.17) is 0 Å². The van der Waals surface area contributed by atoms with Gasteiger partial charge in [-0.1, -0.05) is 48.2 Å². The number of hydrogen-bond donors (Lipinski definition) is 0. The van der Waals surface area contributed by atoms with Crippen molar-refractivity contribution < 1.29 is 19.5 Å². The second-order valence-electron chi connectivity index (χ2n) is 3.64. The Hall–Kier alpha value is -0.267. The van der Waals surface area contributed by atoms with Crippen LogP contribution in [0.5, 0.6) is 0 Å². The molecule has 77 valence electrons. The van der Waals surface area contributed by atoms with Gasteiger partial charge in [0.25, 0.3) is 0 Å². The average Bonchev–Trinajstić information content (AvgIpc) is 2.51. The Morgan fingerprint density at radius 1 is 1.36 bits per heavy atom. The number of hydrogen-bond acceptors (Lipinski definition) is 2. The van der Waals surface area contributed by atoms with Crippen LogP contribution >= 0.6 is 11.3 Å². The maximum absolute atomic E-state index is 4.21. The maximum atomic E-state index is 4.21. The quantitative estimate of drug-likeness (QED) is 0.579. The molecule has 1 nitrogen and oxygen atoms in total. The minimum absolute atomic E-state index is 0. The van der Waals surface area contributed by atoms with Crippen molar-refractivity contribution in [2.45, 2.75) is 26.7 Å². The molecule has 0 N–H and O–H groups in total. The SMILES string of the molecule is Cc1cc(C(C)C)cc2s[c-]nc12.[Rh]. The minimum atomic E-state index is 0. The standard InChI is InChI=1S/C11H12NS.Rh/c1-7(2)9-4-8(3)11-10(5-9)13-6-12-11;/h4-5,7H,1-3H3;/q-1;. The van der Waals surface area contributed by atoms with Crippen LogP contribution in [0.25, 0.3) is 10.2 Å². The van der Waals surface area contributed by atoms with E-state index >= 15 is 0 Å². The van der Waals surface area contributed by atoms with Crippen LogP contribution in [0.1, 0.15) is 30.9 Å². The molecule has 1 aromatic heterocycles. The van der Waals surface area contributed by atoms with E-state index < -0.39 is 0 Å². The zero-order valence-electron chi connectivity index (χ0n) is 8.42. The first-order valence-corrected chi connectivity index (χ1v) is 5.27. The van der Waals surface area contributed by atoms with Crippen molar-refractivity contribution in [3.8, 4) is 0 Å². The fourth-order valence-corrected chi connectivity index (χ4v) is 2.18. The Morgan fingerprint density at radius 3 is 2.71 bits per heavy atom. The molecular weight excluding hydrogens is 281 g/mol. The summed E-state index contributed by atoms with van der Waals surface area (Å²) >= 11 is 1.60. The number of fused-ring (bicyclic) bond motifs is 1. The molecule has 0 spiro atoms. The van der Waals surface area contributed by atoms with Gasteiger partial charge in [-0.25, -0.2) is 0 Å². The zero-order valence-corrected chi connectivity index (χ0v) is 10.9. The number of thiazole rings is 1. The van der Waals surface area contributed by atoms with E-state index in [2.05, 4.69) is 43.4 Å². The minimum Gasteiger partial charge on any atom is -0.386 e. The fraction of sp³-hybridized carbons (Fsp3) is 0.364. The monoisotopic (exact) mass is 293 g/mol. The fourth-order valence-electron chi connectivity index (χ4n) is 1.45. The van der Waals surface area contributed by atoms with Crippen molar-refractivity contribution >= 4 is 21.6 Å². The van der Waals surface area contributed by atoms with Crippen molar-refractivity contribution in [3.05, 3.63) is 28.8 Å². The second kappa shape index (κ2) is 4.50. The van der Waals surface area contributed by atoms with E-state index in [-0.39, 0.29) is 19.5 Å². The first-order valence-electron chi connectivity index (χ1n) is 4.45. The normalized spacial score (nSPS) is 10.6. The van der Waals surface area contributed by atoms with Crippen molar-refractivity contribution in [2.75, 3.05) is 0 Å². The molecule has 1 radical (unpaired) electrons. The third kappa shape index (κ3) is 2.04. The van der Waals surface area contributed by atoms with Crippen LogP contribution in [-0.4, -0.2) is 4.98 Å². The molecule has 0 amide bonds. The molecule has 0 aliphatic heterocycles. The summed E-state index contributed by atoms with van der Waals surface area (Å²) in [5.74, 6) is 0.588. The number of nitrogens with zero attached hydrogens (tertiary/aromatic N) is 1. The molecular formula is C11H12NRhS-. The number of aryl methyl sites for hydroxylation is 1. The molecule has 0 fully saturated rings. The summed E-state index contributed by atoms with van der Waals surface area (Å²) in [7, 11) is 0. The molecule has 0 unspecified atom stereocenters. The van der Waals surface area contributed by atoms with Gasteiger partial charge in [-0.15, -0.1) is 6.07 Å². The van der Waals surface area contributed by atoms with Gasteiger partial charge in [0, 0.05) is 19.5 Å². The molecule has 0 bridgehead atoms. The summed E-state index contributed by atoms with van der Waals surface area (Å²) < 4.78 is 1.25. The largest absolute Gasteiger partial charge is 0.386 e. The molecule has 0 aliphatic rings. The van der Waals surface area contributed by atoms with Crippen LogP contribution in [0.4, 0.5) is 0 Å². The van der Waals surface area contributed by atoms with E-state index in [1.807, 2.05) is 0 Å². The molecule has 2 rings (SSSR count). The van der Waals surface area contributed by atoms with Crippen LogP contribution in [0.2, 0.25) is 0 Å². The molecule has 0 saturated carbocycles. The van der Waals surface area contributed by atoms with Gasteiger partial charge in [-0.05, 0) is 11.4 Å². The van der Waals surface area contributed by atoms with Crippen molar-refractivity contribution in [1.82, 2.24) is 4.98 Å². The van der Waals surface area contributed by atoms with Gasteiger partial charge in [0.1, 0.15) is 0 Å². The first kappa shape index (κ1) is 11.8. The summed E-state index contributed by atoms with van der Waals surface area (Å²) in [6.07, 6.45) is 0. The smallest absolute Gasteiger partial charge is 0 e. The Balaban J connectivity index is 0.000000980. The van der Waals surface area contributed by atoms with Crippen molar-refractivity contribution in [1.29, 1.82) is 0 Å². The third-order valence-electron chi connectivity index (χ3n) is 2.27. The Labute approximate surface area is 101 Å². The molecule has 0 atom stereocenters. The van der Waals surface area contributed by atoms with Crippen LogP contribution in [0.15, 0.2) is 12.1 Å². The molecule has 0 aliphatic carbocycles. The third-order valence-corrected chi connectivity index (χ3v) is 2.98. The Morgan fingerprint density at radius 2 is 2.07 bits per heavy atom. The van der Waals surface area contributed by atoms with E-state index in [9.17, 15) is 0 Å². The zero-order chi connectivity index (χ0) is 9.42. The van der Waals surface area contributed by atoms with Gasteiger partial charge < -0.3 is 4.98 Å². The Bertz CT molecular complexity index is 434. The van der Waals surface area contributed by atoms with Gasteiger partial charge >= 0.3 is 0 Å². The van der Waals surface area contributed by atoms with Crippen LogP contribution in [-0.2, 0) is 19.5 Å². The van der Waals surface area contributed by atoms with Crippen molar-refractivity contribution in [3.63, 3.8) is 0 Å². The second-order valence-corrected chi connectivity index (χ2v) is 4.47. The van der Waals surface area contributed by atoms with E-state index in [1.165, 1.54) is 15.8 Å². The summed E-state index contributed by atoms with van der Waals surface area (Å²) in [5, 5.41) is 0. The predicted octanol–water partition coefficient (Wildman–Crippen LogP) is 3.53. The van der Waals surface area contributed by atoms with Gasteiger partial charge in [-0.2, -0.15) is 0 Å². The first-order chi connectivity index (χ1) is 6.18. The maximum Gasteiger partial charge on any atom is 0 e. The molecule has 1 heterocycles. The van der Waals surface area contributed by atoms with Gasteiger partial charge in [0.15, 0.2) is 0 Å². The van der Waals surface area contributed by atoms with Crippen molar-refractivity contribution in [2.24, 2.45) is 0 Å². The predicted molar refractivity (Wildman–Crippen MR) is 57.3 cm³/mol. The molecule has 3 heteroatoms. The molecule has 14 heavy (non-hydrogen) atoms. The van der Waals surface area contributed by atoms with Crippen LogP contribution in [0.3, 0.4) is 0 Å². The average molecular weight is 293 g/mol. The number of aromatic nitrogens is 1. The van der Waals surface area contributed by atoms with E-state index in [0.717, 1.165) is 5.52 Å². The molecule has 2 aromatic rings. The van der Waals surface area contributed by atoms with Gasteiger partial charge in [0.05, 0.1) is 0 Å². The Kier molecular flexibility index (Phi) is 3.80. The summed E-state index contributed by atoms with van der Waals surface area (Å²) in [6, 6.07) is 4.45.